The van der Waals surface area contributed by atoms with E-state index in [1.54, 1.807) is 6.07 Å². The van der Waals surface area contributed by atoms with Crippen molar-refractivity contribution in [2.75, 3.05) is 19.0 Å². The van der Waals surface area contributed by atoms with Crippen molar-refractivity contribution in [3.8, 4) is 11.5 Å². The maximum absolute atomic E-state index is 11.2. The quantitative estimate of drug-likeness (QED) is 0.225. The SMILES string of the molecule is COc1ccc(CNc2ncnc3c2ncn3[C@@H]2O[C@H](CO)[C@@H](O)[C@H]2O)cc1OP(=O)(O)O. The van der Waals surface area contributed by atoms with Gasteiger partial charge in [0.2, 0.25) is 0 Å². The van der Waals surface area contributed by atoms with E-state index in [1.807, 2.05) is 0 Å². The van der Waals surface area contributed by atoms with Crippen LogP contribution < -0.4 is 14.6 Å². The third kappa shape index (κ3) is 4.77. The van der Waals surface area contributed by atoms with Gasteiger partial charge in [-0.25, -0.2) is 19.5 Å². The van der Waals surface area contributed by atoms with Crippen LogP contribution in [-0.4, -0.2) is 76.7 Å². The lowest BCUT2D eigenvalue weighted by molar-refractivity contribution is -0.0511. The molecule has 0 aliphatic carbocycles. The number of nitrogens with one attached hydrogen (secondary N) is 1. The van der Waals surface area contributed by atoms with Gasteiger partial charge in [-0.1, -0.05) is 6.07 Å². The summed E-state index contributed by atoms with van der Waals surface area (Å²) in [5.74, 6) is 0.383. The van der Waals surface area contributed by atoms with Gasteiger partial charge in [-0.3, -0.25) is 14.4 Å². The molecule has 15 heteroatoms. The monoisotopic (exact) mass is 483 g/mol. The zero-order valence-electron chi connectivity index (χ0n) is 17.2. The van der Waals surface area contributed by atoms with Gasteiger partial charge < -0.3 is 34.6 Å². The molecule has 0 amide bonds. The summed E-state index contributed by atoms with van der Waals surface area (Å²) in [5.41, 5.74) is 1.28. The Morgan fingerprint density at radius 3 is 2.64 bits per heavy atom. The lowest BCUT2D eigenvalue weighted by Gasteiger charge is -2.16. The molecule has 178 valence electrons. The van der Waals surface area contributed by atoms with E-state index in [0.29, 0.717) is 22.5 Å². The minimum Gasteiger partial charge on any atom is -0.493 e. The van der Waals surface area contributed by atoms with Crippen LogP contribution in [-0.2, 0) is 15.8 Å². The highest BCUT2D eigenvalue weighted by atomic mass is 31.2. The van der Waals surface area contributed by atoms with E-state index in [0.717, 1.165) is 0 Å². The van der Waals surface area contributed by atoms with Crippen LogP contribution in [0, 0.1) is 0 Å². The number of aliphatic hydroxyl groups excluding tert-OH is 3. The molecule has 4 rings (SSSR count). The zero-order chi connectivity index (χ0) is 23.8. The first kappa shape index (κ1) is 23.3. The molecule has 14 nitrogen and oxygen atoms in total. The molecule has 0 radical (unpaired) electrons. The predicted octanol–water partition coefficient (Wildman–Crippen LogP) is -0.470. The van der Waals surface area contributed by atoms with Crippen LogP contribution >= 0.6 is 7.82 Å². The fourth-order valence-electron chi connectivity index (χ4n) is 3.49. The Balaban J connectivity index is 1.56. The molecule has 0 spiro atoms. The first-order valence-corrected chi connectivity index (χ1v) is 11.2. The van der Waals surface area contributed by atoms with Crippen molar-refractivity contribution in [1.82, 2.24) is 19.5 Å². The van der Waals surface area contributed by atoms with E-state index in [9.17, 15) is 19.9 Å². The van der Waals surface area contributed by atoms with Crippen molar-refractivity contribution in [3.05, 3.63) is 36.4 Å². The van der Waals surface area contributed by atoms with Crippen LogP contribution in [0.15, 0.2) is 30.9 Å². The summed E-state index contributed by atoms with van der Waals surface area (Å²) in [6.45, 7) is -0.271. The standard InChI is InChI=1S/C18H22N5O9P/c1-30-10-3-2-9(4-11(10)32-33(27,28)29)5-19-16-13-17(21-7-20-16)23(8-22-13)18-15(26)14(25)12(6-24)31-18/h2-4,7-8,12,14-15,18,24-26H,5-6H2,1H3,(H,19,20,21)(H2,27,28,29)/t12-,14-,15-,18-/m1/s1. The molecule has 1 saturated heterocycles. The summed E-state index contributed by atoms with van der Waals surface area (Å²) in [6.07, 6.45) is -1.85. The third-order valence-electron chi connectivity index (χ3n) is 5.06. The summed E-state index contributed by atoms with van der Waals surface area (Å²) in [5, 5.41) is 32.7. The number of methoxy groups -OCH3 is 1. The number of benzene rings is 1. The predicted molar refractivity (Wildman–Crippen MR) is 111 cm³/mol. The summed E-state index contributed by atoms with van der Waals surface area (Å²) < 4.78 is 27.9. The highest BCUT2D eigenvalue weighted by Crippen LogP contribution is 2.42. The van der Waals surface area contributed by atoms with Gasteiger partial charge in [0.25, 0.3) is 0 Å². The number of phosphoric ester groups is 1. The van der Waals surface area contributed by atoms with Crippen molar-refractivity contribution in [3.63, 3.8) is 0 Å². The third-order valence-corrected chi connectivity index (χ3v) is 5.49. The molecule has 33 heavy (non-hydrogen) atoms. The van der Waals surface area contributed by atoms with Crippen molar-refractivity contribution in [1.29, 1.82) is 0 Å². The second-order valence-corrected chi connectivity index (χ2v) is 8.36. The number of nitrogens with zero attached hydrogens (tertiary/aromatic N) is 4. The zero-order valence-corrected chi connectivity index (χ0v) is 18.1. The van der Waals surface area contributed by atoms with Crippen molar-refractivity contribution < 1.29 is 43.7 Å². The van der Waals surface area contributed by atoms with Crippen LogP contribution in [0.4, 0.5) is 5.82 Å². The normalized spacial score (nSPS) is 23.1. The van der Waals surface area contributed by atoms with E-state index in [2.05, 4.69) is 24.8 Å². The van der Waals surface area contributed by atoms with Crippen LogP contribution in [0.3, 0.4) is 0 Å². The number of rotatable bonds is 8. The number of aliphatic hydroxyl groups is 3. The topological polar surface area (TPSA) is 202 Å². The largest absolute Gasteiger partial charge is 0.524 e. The first-order valence-electron chi connectivity index (χ1n) is 9.67. The van der Waals surface area contributed by atoms with Crippen LogP contribution in [0.1, 0.15) is 11.8 Å². The first-order chi connectivity index (χ1) is 15.7. The summed E-state index contributed by atoms with van der Waals surface area (Å²) in [6, 6.07) is 4.60. The van der Waals surface area contributed by atoms with E-state index in [1.165, 1.54) is 36.5 Å². The summed E-state index contributed by atoms with van der Waals surface area (Å²) >= 11 is 0. The smallest absolute Gasteiger partial charge is 0.493 e. The van der Waals surface area contributed by atoms with Gasteiger partial charge in [0.05, 0.1) is 20.0 Å². The molecular formula is C18H22N5O9P. The van der Waals surface area contributed by atoms with Gasteiger partial charge in [-0.05, 0) is 17.7 Å². The number of phosphoric acid groups is 1. The van der Waals surface area contributed by atoms with Gasteiger partial charge in [0.15, 0.2) is 34.7 Å². The fourth-order valence-corrected chi connectivity index (χ4v) is 3.89. The van der Waals surface area contributed by atoms with Crippen molar-refractivity contribution in [2.45, 2.75) is 31.1 Å². The number of fused-ring (bicyclic) bond motifs is 1. The van der Waals surface area contributed by atoms with Crippen molar-refractivity contribution >= 4 is 24.8 Å². The van der Waals surface area contributed by atoms with E-state index in [-0.39, 0.29) is 18.0 Å². The number of anilines is 1. The molecule has 4 atom stereocenters. The Hall–Kier alpha value is -2.84. The minimum absolute atomic E-state index is 0.119. The highest BCUT2D eigenvalue weighted by molar-refractivity contribution is 7.46. The maximum Gasteiger partial charge on any atom is 0.524 e. The van der Waals surface area contributed by atoms with Gasteiger partial charge in [-0.2, -0.15) is 0 Å². The van der Waals surface area contributed by atoms with Crippen LogP contribution in [0.2, 0.25) is 0 Å². The molecule has 0 unspecified atom stereocenters. The van der Waals surface area contributed by atoms with Crippen molar-refractivity contribution in [2.24, 2.45) is 0 Å². The second-order valence-electron chi connectivity index (χ2n) is 7.20. The van der Waals surface area contributed by atoms with E-state index < -0.39 is 39.0 Å². The van der Waals surface area contributed by atoms with Crippen LogP contribution in [0.25, 0.3) is 11.2 Å². The Kier molecular flexibility index (Phi) is 6.50. The highest BCUT2D eigenvalue weighted by Gasteiger charge is 2.44. The Morgan fingerprint density at radius 1 is 1.18 bits per heavy atom. The molecule has 2 aromatic heterocycles. The lowest BCUT2D eigenvalue weighted by Crippen LogP contribution is -2.33. The fraction of sp³-hybridized carbons (Fsp3) is 0.389. The Labute approximate surface area is 186 Å². The lowest BCUT2D eigenvalue weighted by atomic mass is 10.1. The number of hydrogen-bond donors (Lipinski definition) is 6. The van der Waals surface area contributed by atoms with Gasteiger partial charge in [0, 0.05) is 6.54 Å². The summed E-state index contributed by atoms with van der Waals surface area (Å²) in [4.78, 5) is 30.8. The average Bonchev–Trinajstić information content (AvgIpc) is 3.32. The number of hydrogen-bond acceptors (Lipinski definition) is 11. The average molecular weight is 483 g/mol. The molecule has 6 N–H and O–H groups in total. The Morgan fingerprint density at radius 2 is 1.97 bits per heavy atom. The molecule has 1 aromatic carbocycles. The molecule has 0 bridgehead atoms. The van der Waals surface area contributed by atoms with Gasteiger partial charge in [0.1, 0.15) is 24.6 Å². The van der Waals surface area contributed by atoms with Gasteiger partial charge >= 0.3 is 7.82 Å². The second kappa shape index (κ2) is 9.19. The molecule has 1 fully saturated rings. The molecule has 1 aliphatic rings. The summed E-state index contributed by atoms with van der Waals surface area (Å²) in [7, 11) is -3.43. The molecule has 3 aromatic rings. The molecular weight excluding hydrogens is 461 g/mol. The number of aromatic nitrogens is 4. The number of ether oxygens (including phenoxy) is 2. The number of imidazole rings is 1. The van der Waals surface area contributed by atoms with Crippen LogP contribution in [0.5, 0.6) is 11.5 Å². The van der Waals surface area contributed by atoms with E-state index >= 15 is 0 Å². The maximum atomic E-state index is 11.2. The molecule has 1 aliphatic heterocycles. The van der Waals surface area contributed by atoms with Gasteiger partial charge in [-0.15, -0.1) is 0 Å². The van der Waals surface area contributed by atoms with E-state index in [4.69, 9.17) is 19.3 Å². The minimum atomic E-state index is -4.78. The molecule has 0 saturated carbocycles. The Bertz CT molecular complexity index is 1190. The molecule has 3 heterocycles.